The molecule has 7 heteroatoms. The van der Waals surface area contributed by atoms with Gasteiger partial charge in [-0.05, 0) is 41.2 Å². The van der Waals surface area contributed by atoms with Crippen LogP contribution in [0.2, 0.25) is 0 Å². The predicted octanol–water partition coefficient (Wildman–Crippen LogP) is 4.11. The van der Waals surface area contributed by atoms with Crippen molar-refractivity contribution >= 4 is 15.8 Å². The third kappa shape index (κ3) is 4.31. The van der Waals surface area contributed by atoms with Gasteiger partial charge in [0.2, 0.25) is 5.89 Å². The summed E-state index contributed by atoms with van der Waals surface area (Å²) in [5.74, 6) is -1.72. The molecule has 0 bridgehead atoms. The molecule has 28 heavy (non-hydrogen) atoms. The number of sulfone groups is 1. The van der Waals surface area contributed by atoms with Crippen LogP contribution in [-0.2, 0) is 14.6 Å². The van der Waals surface area contributed by atoms with E-state index in [1.807, 2.05) is 31.2 Å². The molecule has 1 aromatic heterocycles. The van der Waals surface area contributed by atoms with Crippen LogP contribution < -0.4 is 0 Å². The first-order valence-corrected chi connectivity index (χ1v) is 10.7. The van der Waals surface area contributed by atoms with E-state index in [9.17, 15) is 18.3 Å². The minimum atomic E-state index is -3.26. The maximum absolute atomic E-state index is 11.7. The van der Waals surface area contributed by atoms with Crippen molar-refractivity contribution < 1.29 is 22.7 Å². The fourth-order valence-corrected chi connectivity index (χ4v) is 3.90. The molecule has 0 spiro atoms. The van der Waals surface area contributed by atoms with Gasteiger partial charge in [0.05, 0.1) is 11.1 Å². The number of aromatic nitrogens is 1. The number of carboxylic acid groups (broad SMARTS) is 1. The molecule has 3 aromatic rings. The zero-order chi connectivity index (χ0) is 20.3. The minimum absolute atomic E-state index is 0.0845. The Hall–Kier alpha value is -2.93. The van der Waals surface area contributed by atoms with Gasteiger partial charge in [-0.3, -0.25) is 4.79 Å². The van der Waals surface area contributed by atoms with Crippen molar-refractivity contribution in [1.29, 1.82) is 0 Å². The van der Waals surface area contributed by atoms with E-state index in [1.54, 1.807) is 24.3 Å². The Balaban J connectivity index is 1.92. The molecule has 1 N–H and O–H groups in total. The highest BCUT2D eigenvalue weighted by molar-refractivity contribution is 7.90. The summed E-state index contributed by atoms with van der Waals surface area (Å²) in [6.07, 6.45) is 4.31. The SMILES string of the molecule is CC(CC(C(=O)O)c1ncco1)c1ccccc1-c1ccc(S(C)(=O)=O)cc1. The third-order valence-electron chi connectivity index (χ3n) is 4.72. The van der Waals surface area contributed by atoms with Gasteiger partial charge in [-0.15, -0.1) is 0 Å². The summed E-state index contributed by atoms with van der Waals surface area (Å²) >= 11 is 0. The van der Waals surface area contributed by atoms with E-state index in [2.05, 4.69) is 4.98 Å². The van der Waals surface area contributed by atoms with Crippen molar-refractivity contribution in [1.82, 2.24) is 4.98 Å². The summed E-state index contributed by atoms with van der Waals surface area (Å²) in [4.78, 5) is 15.9. The first kappa shape index (κ1) is 19.8. The Kier molecular flexibility index (Phi) is 5.65. The smallest absolute Gasteiger partial charge is 0.315 e. The minimum Gasteiger partial charge on any atom is -0.481 e. The summed E-state index contributed by atoms with van der Waals surface area (Å²) in [5.41, 5.74) is 2.79. The molecule has 2 atom stereocenters. The molecule has 0 aliphatic carbocycles. The molecule has 0 amide bonds. The summed E-state index contributed by atoms with van der Waals surface area (Å²) < 4.78 is 28.6. The number of aliphatic carboxylic acids is 1. The number of nitrogens with zero attached hydrogens (tertiary/aromatic N) is 1. The third-order valence-corrected chi connectivity index (χ3v) is 5.85. The lowest BCUT2D eigenvalue weighted by atomic mass is 9.85. The number of hydrogen-bond acceptors (Lipinski definition) is 5. The highest BCUT2D eigenvalue weighted by atomic mass is 32.2. The second kappa shape index (κ2) is 7.98. The van der Waals surface area contributed by atoms with E-state index in [-0.39, 0.29) is 16.7 Å². The first-order valence-electron chi connectivity index (χ1n) is 8.79. The number of benzene rings is 2. The van der Waals surface area contributed by atoms with Gasteiger partial charge in [0.1, 0.15) is 12.2 Å². The lowest BCUT2D eigenvalue weighted by molar-refractivity contribution is -0.139. The maximum Gasteiger partial charge on any atom is 0.315 e. The molecule has 0 saturated heterocycles. The highest BCUT2D eigenvalue weighted by Crippen LogP contribution is 2.35. The second-order valence-corrected chi connectivity index (χ2v) is 8.80. The normalized spacial score (nSPS) is 13.8. The van der Waals surface area contributed by atoms with Crippen LogP contribution in [0.15, 0.2) is 70.3 Å². The fraction of sp³-hybridized carbons (Fsp3) is 0.238. The van der Waals surface area contributed by atoms with Crippen LogP contribution in [0, 0.1) is 0 Å². The predicted molar refractivity (Wildman–Crippen MR) is 105 cm³/mol. The Morgan fingerprint density at radius 3 is 2.39 bits per heavy atom. The standard InChI is InChI=1S/C21H21NO5S/c1-14(13-19(21(23)24)20-22-11-12-27-20)17-5-3-4-6-18(17)15-7-9-16(10-8-15)28(2,25)26/h3-12,14,19H,13H2,1-2H3,(H,23,24). The molecule has 0 radical (unpaired) electrons. The van der Waals surface area contributed by atoms with Gasteiger partial charge < -0.3 is 9.52 Å². The number of hydrogen-bond donors (Lipinski definition) is 1. The van der Waals surface area contributed by atoms with Gasteiger partial charge in [0, 0.05) is 6.26 Å². The number of carboxylic acids is 1. The van der Waals surface area contributed by atoms with Gasteiger partial charge >= 0.3 is 5.97 Å². The summed E-state index contributed by atoms with van der Waals surface area (Å²) in [6.45, 7) is 1.96. The second-order valence-electron chi connectivity index (χ2n) is 6.78. The molecule has 2 unspecified atom stereocenters. The van der Waals surface area contributed by atoms with Crippen LogP contribution in [0.5, 0.6) is 0 Å². The molecule has 0 saturated carbocycles. The van der Waals surface area contributed by atoms with Crippen LogP contribution in [0.3, 0.4) is 0 Å². The topological polar surface area (TPSA) is 97.5 Å². The van der Waals surface area contributed by atoms with Crippen molar-refractivity contribution in [2.45, 2.75) is 30.1 Å². The van der Waals surface area contributed by atoms with Crippen LogP contribution in [0.25, 0.3) is 11.1 Å². The Bertz CT molecular complexity index is 1060. The van der Waals surface area contributed by atoms with Gasteiger partial charge in [-0.1, -0.05) is 43.3 Å². The van der Waals surface area contributed by atoms with Crippen molar-refractivity contribution in [3.8, 4) is 11.1 Å². The van der Waals surface area contributed by atoms with E-state index in [4.69, 9.17) is 4.42 Å². The van der Waals surface area contributed by atoms with Crippen molar-refractivity contribution in [3.05, 3.63) is 72.4 Å². The number of rotatable bonds is 7. The molecule has 1 heterocycles. The monoisotopic (exact) mass is 399 g/mol. The summed E-state index contributed by atoms with van der Waals surface area (Å²) in [7, 11) is -3.26. The molecular formula is C21H21NO5S. The van der Waals surface area contributed by atoms with Gasteiger partial charge in [0.25, 0.3) is 0 Å². The van der Waals surface area contributed by atoms with E-state index in [0.717, 1.165) is 16.7 Å². The maximum atomic E-state index is 11.7. The first-order chi connectivity index (χ1) is 13.3. The van der Waals surface area contributed by atoms with Crippen molar-refractivity contribution in [3.63, 3.8) is 0 Å². The Morgan fingerprint density at radius 1 is 1.14 bits per heavy atom. The molecule has 6 nitrogen and oxygen atoms in total. The van der Waals surface area contributed by atoms with E-state index >= 15 is 0 Å². The summed E-state index contributed by atoms with van der Waals surface area (Å²) in [6, 6.07) is 14.4. The average molecular weight is 399 g/mol. The molecular weight excluding hydrogens is 378 g/mol. The van der Waals surface area contributed by atoms with Gasteiger partial charge in [-0.25, -0.2) is 13.4 Å². The quantitative estimate of drug-likeness (QED) is 0.642. The molecule has 0 aliphatic rings. The van der Waals surface area contributed by atoms with Crippen LogP contribution >= 0.6 is 0 Å². The van der Waals surface area contributed by atoms with Crippen LogP contribution in [0.4, 0.5) is 0 Å². The number of oxazole rings is 1. The Morgan fingerprint density at radius 2 is 1.82 bits per heavy atom. The Labute approximate surface area is 163 Å². The molecule has 0 aliphatic heterocycles. The zero-order valence-electron chi connectivity index (χ0n) is 15.6. The average Bonchev–Trinajstić information content (AvgIpc) is 3.19. The largest absolute Gasteiger partial charge is 0.481 e. The zero-order valence-corrected chi connectivity index (χ0v) is 16.4. The summed E-state index contributed by atoms with van der Waals surface area (Å²) in [5, 5.41) is 9.58. The molecule has 2 aromatic carbocycles. The van der Waals surface area contributed by atoms with Crippen molar-refractivity contribution in [2.24, 2.45) is 0 Å². The molecule has 3 rings (SSSR count). The van der Waals surface area contributed by atoms with E-state index < -0.39 is 21.7 Å². The van der Waals surface area contributed by atoms with Gasteiger partial charge in [-0.2, -0.15) is 0 Å². The van der Waals surface area contributed by atoms with Crippen LogP contribution in [-0.4, -0.2) is 30.7 Å². The molecule has 0 fully saturated rings. The highest BCUT2D eigenvalue weighted by Gasteiger charge is 2.27. The van der Waals surface area contributed by atoms with E-state index in [0.29, 0.717) is 6.42 Å². The van der Waals surface area contributed by atoms with Crippen molar-refractivity contribution in [2.75, 3.05) is 6.26 Å². The fourth-order valence-electron chi connectivity index (χ4n) is 3.27. The van der Waals surface area contributed by atoms with Crippen LogP contribution in [0.1, 0.15) is 36.6 Å². The van der Waals surface area contributed by atoms with Gasteiger partial charge in [0.15, 0.2) is 9.84 Å². The molecule has 146 valence electrons. The lowest BCUT2D eigenvalue weighted by Gasteiger charge is -2.19. The van der Waals surface area contributed by atoms with E-state index in [1.165, 1.54) is 18.7 Å². The number of carbonyl (C=O) groups is 1. The lowest BCUT2D eigenvalue weighted by Crippen LogP contribution is -2.15.